The molecule has 1 aromatic carbocycles. The molecule has 0 saturated carbocycles. The summed E-state index contributed by atoms with van der Waals surface area (Å²) in [5.41, 5.74) is 2.20. The molecule has 164 valence electrons. The van der Waals surface area contributed by atoms with E-state index in [4.69, 9.17) is 4.74 Å². The highest BCUT2D eigenvalue weighted by Crippen LogP contribution is 2.27. The molecule has 0 amide bonds. The van der Waals surface area contributed by atoms with Crippen molar-refractivity contribution in [2.24, 2.45) is 0 Å². The van der Waals surface area contributed by atoms with Gasteiger partial charge in [0.05, 0.1) is 12.2 Å². The van der Waals surface area contributed by atoms with Gasteiger partial charge in [0.1, 0.15) is 5.75 Å². The van der Waals surface area contributed by atoms with Crippen molar-refractivity contribution in [3.8, 4) is 17.1 Å². The Balaban J connectivity index is 1.78. The van der Waals surface area contributed by atoms with Crippen molar-refractivity contribution in [1.29, 1.82) is 0 Å². The lowest BCUT2D eigenvalue weighted by Crippen LogP contribution is -2.00. The quantitative estimate of drug-likeness (QED) is 0.209. The van der Waals surface area contributed by atoms with Gasteiger partial charge in [-0.05, 0) is 49.8 Å². The first-order valence-corrected chi connectivity index (χ1v) is 12.0. The molecule has 2 rings (SSSR count). The minimum absolute atomic E-state index is 0.712. The predicted molar refractivity (Wildman–Crippen MR) is 128 cm³/mol. The van der Waals surface area contributed by atoms with E-state index in [1.165, 1.54) is 56.9 Å². The first-order valence-electron chi connectivity index (χ1n) is 12.0. The van der Waals surface area contributed by atoms with E-state index >= 15 is 0 Å². The molecule has 3 nitrogen and oxygen atoms in total. The number of ether oxygens (including phenoxy) is 1. The van der Waals surface area contributed by atoms with Gasteiger partial charge in [-0.15, -0.1) is 0 Å². The van der Waals surface area contributed by atoms with Crippen molar-refractivity contribution in [1.82, 2.24) is 9.97 Å². The second-order valence-corrected chi connectivity index (χ2v) is 8.03. The largest absolute Gasteiger partial charge is 0.493 e. The lowest BCUT2D eigenvalue weighted by molar-refractivity contribution is 0.313. The molecule has 0 spiro atoms. The lowest BCUT2D eigenvalue weighted by atomic mass is 10.1. The van der Waals surface area contributed by atoms with Crippen molar-refractivity contribution in [2.45, 2.75) is 90.9 Å². The molecule has 0 atom stereocenters. The molecule has 0 N–H and O–H groups in total. The summed E-state index contributed by atoms with van der Waals surface area (Å²) in [5.74, 6) is 1.62. The summed E-state index contributed by atoms with van der Waals surface area (Å²) in [6, 6.07) is 8.08. The zero-order chi connectivity index (χ0) is 21.3. The normalized spacial score (nSPS) is 11.3. The maximum Gasteiger partial charge on any atom is 0.162 e. The van der Waals surface area contributed by atoms with Crippen LogP contribution in [0.25, 0.3) is 11.4 Å². The molecule has 0 fully saturated rings. The van der Waals surface area contributed by atoms with Crippen LogP contribution >= 0.6 is 0 Å². The summed E-state index contributed by atoms with van der Waals surface area (Å²) < 4.78 is 6.03. The molecular weight excluding hydrogens is 368 g/mol. The Morgan fingerprint density at radius 3 is 2.23 bits per heavy atom. The van der Waals surface area contributed by atoms with E-state index in [2.05, 4.69) is 36.0 Å². The average molecular weight is 409 g/mol. The van der Waals surface area contributed by atoms with Crippen LogP contribution in [0.4, 0.5) is 0 Å². The number of allylic oxidation sites excluding steroid dienone is 2. The van der Waals surface area contributed by atoms with Gasteiger partial charge in [-0.25, -0.2) is 9.97 Å². The van der Waals surface area contributed by atoms with Crippen LogP contribution in [-0.4, -0.2) is 16.6 Å². The van der Waals surface area contributed by atoms with Crippen LogP contribution in [0.15, 0.2) is 48.8 Å². The number of unbranched alkanes of at least 4 members (excludes halogenated alkanes) is 8. The Labute approximate surface area is 184 Å². The van der Waals surface area contributed by atoms with E-state index < -0.39 is 0 Å². The van der Waals surface area contributed by atoms with Gasteiger partial charge in [0.25, 0.3) is 0 Å². The van der Waals surface area contributed by atoms with Crippen LogP contribution in [0, 0.1) is 0 Å². The number of hydrogen-bond acceptors (Lipinski definition) is 3. The number of benzene rings is 1. The zero-order valence-electron chi connectivity index (χ0n) is 19.1. The van der Waals surface area contributed by atoms with Crippen molar-refractivity contribution in [3.05, 3.63) is 54.4 Å². The fourth-order valence-electron chi connectivity index (χ4n) is 3.47. The third kappa shape index (κ3) is 9.56. The highest BCUT2D eigenvalue weighted by molar-refractivity contribution is 5.63. The summed E-state index contributed by atoms with van der Waals surface area (Å²) in [5, 5.41) is 0. The summed E-state index contributed by atoms with van der Waals surface area (Å²) >= 11 is 0. The highest BCUT2D eigenvalue weighted by atomic mass is 16.5. The molecule has 0 saturated heterocycles. The minimum Gasteiger partial charge on any atom is -0.493 e. The lowest BCUT2D eigenvalue weighted by Gasteiger charge is -2.10. The monoisotopic (exact) mass is 408 g/mol. The van der Waals surface area contributed by atoms with E-state index in [0.29, 0.717) is 6.61 Å². The number of rotatable bonds is 16. The molecule has 3 heteroatoms. The van der Waals surface area contributed by atoms with Crippen LogP contribution in [0.1, 0.15) is 90.0 Å². The van der Waals surface area contributed by atoms with Crippen molar-refractivity contribution >= 4 is 0 Å². The first kappa shape index (κ1) is 24.1. The fourth-order valence-corrected chi connectivity index (χ4v) is 3.47. The average Bonchev–Trinajstić information content (AvgIpc) is 2.79. The SMILES string of the molecule is CCCC=CCCCOc1ccccc1-c1ncc(CCCCCCCCC)cn1. The molecule has 1 aromatic heterocycles. The number of aromatic nitrogens is 2. The molecule has 0 bridgehead atoms. The summed E-state index contributed by atoms with van der Waals surface area (Å²) in [6.45, 7) is 5.18. The van der Waals surface area contributed by atoms with Gasteiger partial charge in [0, 0.05) is 12.4 Å². The third-order valence-electron chi connectivity index (χ3n) is 5.30. The first-order chi connectivity index (χ1) is 14.8. The second kappa shape index (κ2) is 15.6. The standard InChI is InChI=1S/C27H40N2O/c1-3-5-7-9-11-12-14-18-24-22-28-27(29-23-24)25-19-15-16-20-26(25)30-21-17-13-10-8-6-4-2/h8,10,15-16,19-20,22-23H,3-7,9,11-14,17-18,21H2,1-2H3. The van der Waals surface area contributed by atoms with Gasteiger partial charge in [-0.2, -0.15) is 0 Å². The van der Waals surface area contributed by atoms with Crippen molar-refractivity contribution in [3.63, 3.8) is 0 Å². The Morgan fingerprint density at radius 2 is 1.47 bits per heavy atom. The molecule has 1 heterocycles. The van der Waals surface area contributed by atoms with E-state index in [9.17, 15) is 0 Å². The van der Waals surface area contributed by atoms with Crippen LogP contribution < -0.4 is 4.74 Å². The predicted octanol–water partition coefficient (Wildman–Crippen LogP) is 7.95. The maximum atomic E-state index is 6.03. The van der Waals surface area contributed by atoms with Gasteiger partial charge in [0.2, 0.25) is 0 Å². The summed E-state index contributed by atoms with van der Waals surface area (Å²) in [6.07, 6.45) is 23.3. The molecule has 0 aliphatic carbocycles. The molecule has 0 unspecified atom stereocenters. The Kier molecular flexibility index (Phi) is 12.6. The van der Waals surface area contributed by atoms with Crippen LogP contribution in [0.3, 0.4) is 0 Å². The topological polar surface area (TPSA) is 35.0 Å². The fraction of sp³-hybridized carbons (Fsp3) is 0.556. The van der Waals surface area contributed by atoms with Gasteiger partial charge in [-0.1, -0.05) is 83.1 Å². The molecule has 0 aliphatic heterocycles. The van der Waals surface area contributed by atoms with Gasteiger partial charge < -0.3 is 4.74 Å². The van der Waals surface area contributed by atoms with Gasteiger partial charge >= 0.3 is 0 Å². The van der Waals surface area contributed by atoms with Crippen molar-refractivity contribution < 1.29 is 4.74 Å². The van der Waals surface area contributed by atoms with E-state index in [1.54, 1.807) is 0 Å². The van der Waals surface area contributed by atoms with Crippen LogP contribution in [0.2, 0.25) is 0 Å². The van der Waals surface area contributed by atoms with Crippen molar-refractivity contribution in [2.75, 3.05) is 6.61 Å². The number of para-hydroxylation sites is 1. The Morgan fingerprint density at radius 1 is 0.767 bits per heavy atom. The molecule has 30 heavy (non-hydrogen) atoms. The zero-order valence-corrected chi connectivity index (χ0v) is 19.1. The van der Waals surface area contributed by atoms with Gasteiger partial charge in [-0.3, -0.25) is 0 Å². The van der Waals surface area contributed by atoms with E-state index in [0.717, 1.165) is 42.8 Å². The molecule has 2 aromatic rings. The highest BCUT2D eigenvalue weighted by Gasteiger charge is 2.08. The molecule has 0 aliphatic rings. The van der Waals surface area contributed by atoms with E-state index in [-0.39, 0.29) is 0 Å². The number of hydrogen-bond donors (Lipinski definition) is 0. The third-order valence-corrected chi connectivity index (χ3v) is 5.30. The second-order valence-electron chi connectivity index (χ2n) is 8.03. The minimum atomic E-state index is 0.712. The molecule has 0 radical (unpaired) electrons. The van der Waals surface area contributed by atoms with E-state index in [1.807, 2.05) is 36.7 Å². The number of nitrogens with zero attached hydrogens (tertiary/aromatic N) is 2. The smallest absolute Gasteiger partial charge is 0.162 e. The number of aryl methyl sites for hydroxylation is 1. The molecular formula is C27H40N2O. The van der Waals surface area contributed by atoms with Crippen LogP contribution in [0.5, 0.6) is 5.75 Å². The summed E-state index contributed by atoms with van der Waals surface area (Å²) in [7, 11) is 0. The van der Waals surface area contributed by atoms with Gasteiger partial charge in [0.15, 0.2) is 5.82 Å². The Bertz CT molecular complexity index is 709. The maximum absolute atomic E-state index is 6.03. The summed E-state index contributed by atoms with van der Waals surface area (Å²) in [4.78, 5) is 9.25. The Hall–Kier alpha value is -2.16. The van der Waals surface area contributed by atoms with Crippen LogP contribution in [-0.2, 0) is 6.42 Å².